The summed E-state index contributed by atoms with van der Waals surface area (Å²) in [6.45, 7) is 4.67. The van der Waals surface area contributed by atoms with Gasteiger partial charge in [-0.15, -0.1) is 0 Å². The topological polar surface area (TPSA) is 117 Å². The minimum atomic E-state index is -4.30. The molecule has 0 amide bonds. The monoisotopic (exact) mass is 968 g/mol. The second-order valence-electron chi connectivity index (χ2n) is 17.7. The molecular weight excluding hydrogens is 866 g/mol. The van der Waals surface area contributed by atoms with E-state index in [2.05, 4.69) is 123 Å². The lowest BCUT2D eigenvalue weighted by Crippen LogP contribution is -2.28. The van der Waals surface area contributed by atoms with Crippen LogP contribution in [-0.2, 0) is 27.9 Å². The number of esters is 1. The first-order chi connectivity index (χ1) is 33.4. The maximum Gasteiger partial charge on any atom is 0.472 e. The Hall–Kier alpha value is -2.84. The van der Waals surface area contributed by atoms with Gasteiger partial charge >= 0.3 is 13.8 Å². The van der Waals surface area contributed by atoms with Crippen molar-refractivity contribution in [2.45, 2.75) is 225 Å². The van der Waals surface area contributed by atoms with Gasteiger partial charge in [-0.1, -0.05) is 226 Å². The molecule has 0 aromatic heterocycles. The second-order valence-corrected chi connectivity index (χ2v) is 19.1. The van der Waals surface area contributed by atoms with E-state index >= 15 is 0 Å². The maximum absolute atomic E-state index is 12.7. The lowest BCUT2D eigenvalue weighted by atomic mass is 10.0. The third kappa shape index (κ3) is 54.1. The van der Waals surface area contributed by atoms with Gasteiger partial charge in [-0.25, -0.2) is 4.57 Å². The van der Waals surface area contributed by atoms with Crippen molar-refractivity contribution in [3.8, 4) is 0 Å². The maximum atomic E-state index is 12.7. The highest BCUT2D eigenvalue weighted by molar-refractivity contribution is 7.47. The summed E-state index contributed by atoms with van der Waals surface area (Å²) >= 11 is 0. The molecule has 0 saturated heterocycles. The highest BCUT2D eigenvalue weighted by atomic mass is 31.2. The predicted molar refractivity (Wildman–Crippen MR) is 293 cm³/mol. The van der Waals surface area contributed by atoms with Crippen molar-refractivity contribution in [1.29, 1.82) is 0 Å². The molecule has 0 fully saturated rings. The summed E-state index contributed by atoms with van der Waals surface area (Å²) in [6, 6.07) is 0. The van der Waals surface area contributed by atoms with Gasteiger partial charge in [-0.2, -0.15) is 0 Å². The van der Waals surface area contributed by atoms with Crippen LogP contribution in [0.2, 0.25) is 0 Å². The first-order valence-electron chi connectivity index (χ1n) is 27.4. The van der Waals surface area contributed by atoms with Gasteiger partial charge in [0.1, 0.15) is 6.10 Å². The minimum absolute atomic E-state index is 0.0931. The highest BCUT2D eigenvalue weighted by Crippen LogP contribution is 2.43. The molecule has 0 aromatic rings. The predicted octanol–water partition coefficient (Wildman–Crippen LogP) is 17.5. The SMILES string of the molecule is CC/C=C\C/C=C\C/C=C\C/C=C\C/C=C\CCCCCCCCCCOCC(COP(=O)(O)OCCN)OC(=O)CCCCCCCCCCCCCC/C=C\C/C=C\C/C=C\C/C=C\CC. The van der Waals surface area contributed by atoms with E-state index < -0.39 is 13.9 Å². The summed E-state index contributed by atoms with van der Waals surface area (Å²) in [5.74, 6) is -0.339. The number of hydrogen-bond donors (Lipinski definition) is 2. The van der Waals surface area contributed by atoms with Crippen molar-refractivity contribution in [3.63, 3.8) is 0 Å². The standard InChI is InChI=1S/C59H102NO7P/c1-3-5-7-9-11-13-15-17-19-21-23-25-27-29-30-32-34-36-38-40-42-44-46-48-50-52-59(61)67-58(57-66-68(62,63)65-55-53-60)56-64-54-51-49-47-45-43-41-39-37-35-33-31-28-26-24-22-20-18-16-14-12-10-8-6-4-2/h5-8,11-14,17-20,23-26,31,33,58H,3-4,9-10,15-16,21-22,27-30,32,34-57,60H2,1-2H3,(H,62,63)/b7-5-,8-6-,13-11-,14-12-,19-17-,20-18-,25-23-,26-24-,33-31-. The average Bonchev–Trinajstić information content (AvgIpc) is 3.33. The molecule has 0 heterocycles. The summed E-state index contributed by atoms with van der Waals surface area (Å²) in [5.41, 5.74) is 5.40. The molecule has 2 atom stereocenters. The van der Waals surface area contributed by atoms with Crippen LogP contribution in [0.1, 0.15) is 219 Å². The van der Waals surface area contributed by atoms with Crippen LogP contribution in [0.25, 0.3) is 0 Å². The van der Waals surface area contributed by atoms with E-state index in [-0.39, 0.29) is 32.3 Å². The third-order valence-electron chi connectivity index (χ3n) is 11.2. The number of phosphoric ester groups is 1. The van der Waals surface area contributed by atoms with Crippen molar-refractivity contribution < 1.29 is 32.8 Å². The number of allylic oxidation sites excluding steroid dienone is 18. The van der Waals surface area contributed by atoms with Crippen LogP contribution in [0.15, 0.2) is 109 Å². The van der Waals surface area contributed by atoms with Gasteiger partial charge in [-0.05, 0) is 96.3 Å². The average molecular weight is 968 g/mol. The van der Waals surface area contributed by atoms with Crippen LogP contribution in [0, 0.1) is 0 Å². The summed E-state index contributed by atoms with van der Waals surface area (Å²) < 4.78 is 33.7. The van der Waals surface area contributed by atoms with E-state index in [0.29, 0.717) is 13.0 Å². The van der Waals surface area contributed by atoms with Gasteiger partial charge in [0.25, 0.3) is 0 Å². The Kier molecular flexibility index (Phi) is 52.8. The van der Waals surface area contributed by atoms with Gasteiger partial charge in [0.05, 0.1) is 19.8 Å². The summed E-state index contributed by atoms with van der Waals surface area (Å²) in [4.78, 5) is 22.7. The zero-order chi connectivity index (χ0) is 49.4. The quantitative estimate of drug-likeness (QED) is 0.0268. The minimum Gasteiger partial charge on any atom is -0.457 e. The third-order valence-corrected chi connectivity index (χ3v) is 12.2. The first kappa shape index (κ1) is 65.2. The Bertz CT molecular complexity index is 1410. The van der Waals surface area contributed by atoms with Crippen LogP contribution in [0.4, 0.5) is 0 Å². The molecule has 0 spiro atoms. The fraction of sp³-hybridized carbons (Fsp3) is 0.678. The number of carbonyl (C=O) groups is 1. The van der Waals surface area contributed by atoms with Crippen LogP contribution in [-0.4, -0.2) is 49.9 Å². The van der Waals surface area contributed by atoms with Crippen molar-refractivity contribution in [2.75, 3.05) is 33.0 Å². The Morgan fingerprint density at radius 1 is 0.441 bits per heavy atom. The van der Waals surface area contributed by atoms with E-state index in [4.69, 9.17) is 24.3 Å². The molecule has 2 unspecified atom stereocenters. The number of nitrogens with two attached hydrogens (primary N) is 1. The molecule has 3 N–H and O–H groups in total. The lowest BCUT2D eigenvalue weighted by molar-refractivity contribution is -0.154. The first-order valence-corrected chi connectivity index (χ1v) is 28.9. The van der Waals surface area contributed by atoms with Crippen LogP contribution < -0.4 is 5.73 Å². The number of unbranched alkanes of at least 4 members (excludes halogenated alkanes) is 20. The summed E-state index contributed by atoms with van der Waals surface area (Å²) in [6.07, 6.45) is 75.6. The normalized spacial score (nSPS) is 14.1. The van der Waals surface area contributed by atoms with E-state index in [1.165, 1.54) is 103 Å². The number of hydrogen-bond acceptors (Lipinski definition) is 7. The Morgan fingerprint density at radius 3 is 1.16 bits per heavy atom. The molecule has 68 heavy (non-hydrogen) atoms. The molecule has 9 heteroatoms. The molecule has 8 nitrogen and oxygen atoms in total. The van der Waals surface area contributed by atoms with Crippen LogP contribution in [0.3, 0.4) is 0 Å². The number of phosphoric acid groups is 1. The molecule has 0 aliphatic heterocycles. The molecular formula is C59H102NO7P. The zero-order valence-corrected chi connectivity index (χ0v) is 44.4. The summed E-state index contributed by atoms with van der Waals surface area (Å²) in [7, 11) is -4.30. The second kappa shape index (κ2) is 55.1. The lowest BCUT2D eigenvalue weighted by Gasteiger charge is -2.20. The van der Waals surface area contributed by atoms with Gasteiger partial charge < -0.3 is 20.1 Å². The smallest absolute Gasteiger partial charge is 0.457 e. The molecule has 0 saturated carbocycles. The van der Waals surface area contributed by atoms with Gasteiger partial charge in [-0.3, -0.25) is 13.8 Å². The van der Waals surface area contributed by atoms with Crippen molar-refractivity contribution in [2.24, 2.45) is 5.73 Å². The van der Waals surface area contributed by atoms with Crippen molar-refractivity contribution in [3.05, 3.63) is 109 Å². The fourth-order valence-electron chi connectivity index (χ4n) is 7.25. The van der Waals surface area contributed by atoms with Crippen molar-refractivity contribution in [1.82, 2.24) is 0 Å². The Labute approximate surface area is 418 Å². The molecule has 0 rings (SSSR count). The molecule has 390 valence electrons. The van der Waals surface area contributed by atoms with Gasteiger partial charge in [0.2, 0.25) is 0 Å². The molecule has 0 bridgehead atoms. The summed E-state index contributed by atoms with van der Waals surface area (Å²) in [5, 5.41) is 0. The number of carbonyl (C=O) groups excluding carboxylic acids is 1. The van der Waals surface area contributed by atoms with E-state index in [1.807, 2.05) is 0 Å². The molecule has 0 aliphatic carbocycles. The van der Waals surface area contributed by atoms with Crippen LogP contribution >= 0.6 is 7.82 Å². The van der Waals surface area contributed by atoms with Gasteiger partial charge in [0, 0.05) is 19.6 Å². The number of ether oxygens (including phenoxy) is 2. The molecule has 0 aliphatic rings. The largest absolute Gasteiger partial charge is 0.472 e. The fourth-order valence-corrected chi connectivity index (χ4v) is 8.02. The van der Waals surface area contributed by atoms with Gasteiger partial charge in [0.15, 0.2) is 0 Å². The zero-order valence-electron chi connectivity index (χ0n) is 43.6. The molecule has 0 aromatic carbocycles. The van der Waals surface area contributed by atoms with E-state index in [1.54, 1.807) is 0 Å². The van der Waals surface area contributed by atoms with Crippen molar-refractivity contribution >= 4 is 13.8 Å². The van der Waals surface area contributed by atoms with Crippen LogP contribution in [0.5, 0.6) is 0 Å². The molecule has 0 radical (unpaired) electrons. The highest BCUT2D eigenvalue weighted by Gasteiger charge is 2.25. The number of rotatable bonds is 51. The Balaban J connectivity index is 3.96. The van der Waals surface area contributed by atoms with E-state index in [9.17, 15) is 14.3 Å². The Morgan fingerprint density at radius 2 is 0.779 bits per heavy atom. The van der Waals surface area contributed by atoms with E-state index in [0.717, 1.165) is 96.3 Å².